The van der Waals surface area contributed by atoms with Crippen molar-refractivity contribution in [2.24, 2.45) is 0 Å². The van der Waals surface area contributed by atoms with E-state index >= 15 is 0 Å². The number of carbonyl (C=O) groups excluding carboxylic acids is 2. The van der Waals surface area contributed by atoms with Crippen LogP contribution in [0.25, 0.3) is 0 Å². The fourth-order valence-electron chi connectivity index (χ4n) is 1.68. The summed E-state index contributed by atoms with van der Waals surface area (Å²) in [5, 5.41) is 7.23. The first-order valence-electron chi connectivity index (χ1n) is 6.18. The first kappa shape index (κ1) is 14.2. The van der Waals surface area contributed by atoms with Gasteiger partial charge in [-0.2, -0.15) is 0 Å². The highest BCUT2D eigenvalue weighted by molar-refractivity contribution is 7.12. The summed E-state index contributed by atoms with van der Waals surface area (Å²) in [4.78, 5) is 28.0. The number of amides is 2. The van der Waals surface area contributed by atoms with Crippen LogP contribution in [0, 0.1) is 0 Å². The molecule has 0 aliphatic rings. The lowest BCUT2D eigenvalue weighted by Gasteiger charge is -2.14. The number of rotatable bonds is 5. The second-order valence-electron chi connectivity index (χ2n) is 4.23. The zero-order valence-electron chi connectivity index (χ0n) is 11.0. The van der Waals surface area contributed by atoms with Crippen molar-refractivity contribution < 1.29 is 9.59 Å². The number of pyridine rings is 1. The molecule has 0 aromatic carbocycles. The molecule has 0 unspecified atom stereocenters. The van der Waals surface area contributed by atoms with E-state index < -0.39 is 0 Å². The molecule has 2 rings (SSSR count). The van der Waals surface area contributed by atoms with Crippen LogP contribution in [0.2, 0.25) is 0 Å². The molecular formula is C14H15N3O2S. The van der Waals surface area contributed by atoms with E-state index in [0.717, 1.165) is 5.56 Å². The molecule has 2 heterocycles. The van der Waals surface area contributed by atoms with Gasteiger partial charge in [0.15, 0.2) is 0 Å². The third-order valence-corrected chi connectivity index (χ3v) is 3.61. The standard InChI is InChI=1S/C14H15N3O2S/c1-10(11-4-6-15-7-5-11)17-13(18)9-16-14(19)12-3-2-8-20-12/h2-8,10H,9H2,1H3,(H,16,19)(H,17,18)/t10-/m0/s1. The maximum atomic E-state index is 11.8. The highest BCUT2D eigenvalue weighted by Gasteiger charge is 2.11. The van der Waals surface area contributed by atoms with Crippen molar-refractivity contribution in [1.82, 2.24) is 15.6 Å². The van der Waals surface area contributed by atoms with Gasteiger partial charge in [-0.05, 0) is 36.1 Å². The molecule has 5 nitrogen and oxygen atoms in total. The number of carbonyl (C=O) groups is 2. The second-order valence-corrected chi connectivity index (χ2v) is 5.18. The van der Waals surface area contributed by atoms with E-state index in [0.29, 0.717) is 4.88 Å². The van der Waals surface area contributed by atoms with Crippen LogP contribution in [0.1, 0.15) is 28.2 Å². The van der Waals surface area contributed by atoms with Gasteiger partial charge < -0.3 is 10.6 Å². The average Bonchev–Trinajstić information content (AvgIpc) is 3.00. The van der Waals surface area contributed by atoms with Crippen LogP contribution in [-0.4, -0.2) is 23.3 Å². The summed E-state index contributed by atoms with van der Waals surface area (Å²) in [7, 11) is 0. The van der Waals surface area contributed by atoms with Gasteiger partial charge in [0.05, 0.1) is 17.5 Å². The molecule has 0 radical (unpaired) electrons. The number of nitrogens with zero attached hydrogens (tertiary/aromatic N) is 1. The topological polar surface area (TPSA) is 71.1 Å². The number of thiophene rings is 1. The Morgan fingerprint density at radius 1 is 1.30 bits per heavy atom. The molecule has 2 amide bonds. The molecule has 2 aromatic heterocycles. The summed E-state index contributed by atoms with van der Waals surface area (Å²) >= 11 is 1.34. The summed E-state index contributed by atoms with van der Waals surface area (Å²) in [5.41, 5.74) is 0.970. The fourth-order valence-corrected chi connectivity index (χ4v) is 2.32. The minimum atomic E-state index is -0.230. The monoisotopic (exact) mass is 289 g/mol. The normalized spacial score (nSPS) is 11.7. The van der Waals surface area contributed by atoms with Gasteiger partial charge in [-0.15, -0.1) is 11.3 Å². The van der Waals surface area contributed by atoms with Crippen LogP contribution in [-0.2, 0) is 4.79 Å². The number of aromatic nitrogens is 1. The largest absolute Gasteiger partial charge is 0.348 e. The summed E-state index contributed by atoms with van der Waals surface area (Å²) in [6.45, 7) is 1.85. The van der Waals surface area contributed by atoms with E-state index in [1.165, 1.54) is 11.3 Å². The molecule has 0 saturated carbocycles. The van der Waals surface area contributed by atoms with Gasteiger partial charge in [-0.25, -0.2) is 0 Å². The highest BCUT2D eigenvalue weighted by Crippen LogP contribution is 2.10. The van der Waals surface area contributed by atoms with Crippen LogP contribution in [0.4, 0.5) is 0 Å². The van der Waals surface area contributed by atoms with E-state index in [9.17, 15) is 9.59 Å². The van der Waals surface area contributed by atoms with Crippen molar-refractivity contribution in [1.29, 1.82) is 0 Å². The maximum absolute atomic E-state index is 11.8. The summed E-state index contributed by atoms with van der Waals surface area (Å²) in [6.07, 6.45) is 3.35. The minimum absolute atomic E-state index is 0.0356. The SMILES string of the molecule is C[C@H](NC(=O)CNC(=O)c1cccs1)c1ccncc1. The Morgan fingerprint density at radius 2 is 2.05 bits per heavy atom. The van der Waals surface area contributed by atoms with Crippen molar-refractivity contribution in [2.75, 3.05) is 6.54 Å². The minimum Gasteiger partial charge on any atom is -0.348 e. The van der Waals surface area contributed by atoms with Crippen molar-refractivity contribution in [2.45, 2.75) is 13.0 Å². The number of nitrogens with one attached hydrogen (secondary N) is 2. The Hall–Kier alpha value is -2.21. The van der Waals surface area contributed by atoms with Crippen molar-refractivity contribution >= 4 is 23.2 Å². The van der Waals surface area contributed by atoms with Crippen LogP contribution >= 0.6 is 11.3 Å². The molecule has 0 bridgehead atoms. The molecule has 0 spiro atoms. The van der Waals surface area contributed by atoms with Crippen LogP contribution in [0.15, 0.2) is 42.0 Å². The summed E-state index contributed by atoms with van der Waals surface area (Å²) < 4.78 is 0. The molecule has 0 aliphatic heterocycles. The molecule has 0 aliphatic carbocycles. The van der Waals surface area contributed by atoms with Gasteiger partial charge in [-0.3, -0.25) is 14.6 Å². The van der Waals surface area contributed by atoms with E-state index in [1.54, 1.807) is 24.5 Å². The molecule has 104 valence electrons. The van der Waals surface area contributed by atoms with E-state index in [1.807, 2.05) is 24.4 Å². The Labute approximate surface area is 121 Å². The third-order valence-electron chi connectivity index (χ3n) is 2.74. The van der Waals surface area contributed by atoms with Crippen LogP contribution in [0.3, 0.4) is 0 Å². The molecule has 2 aromatic rings. The lowest BCUT2D eigenvalue weighted by atomic mass is 10.1. The first-order chi connectivity index (χ1) is 9.66. The predicted octanol–water partition coefficient (Wildman–Crippen LogP) is 1.75. The van der Waals surface area contributed by atoms with Gasteiger partial charge in [0.25, 0.3) is 5.91 Å². The van der Waals surface area contributed by atoms with Gasteiger partial charge in [0, 0.05) is 12.4 Å². The Bertz CT molecular complexity index is 569. The van der Waals surface area contributed by atoms with Crippen molar-refractivity contribution in [3.8, 4) is 0 Å². The highest BCUT2D eigenvalue weighted by atomic mass is 32.1. The zero-order valence-corrected chi connectivity index (χ0v) is 11.8. The molecular weight excluding hydrogens is 274 g/mol. The van der Waals surface area contributed by atoms with Crippen LogP contribution in [0.5, 0.6) is 0 Å². The molecule has 0 saturated heterocycles. The van der Waals surface area contributed by atoms with Crippen LogP contribution < -0.4 is 10.6 Å². The Morgan fingerprint density at radius 3 is 2.70 bits per heavy atom. The Kier molecular flexibility index (Phi) is 4.84. The van der Waals surface area contributed by atoms with Gasteiger partial charge in [0.1, 0.15) is 0 Å². The molecule has 6 heteroatoms. The van der Waals surface area contributed by atoms with E-state index in [2.05, 4.69) is 15.6 Å². The quantitative estimate of drug-likeness (QED) is 0.881. The number of hydrogen-bond acceptors (Lipinski definition) is 4. The lowest BCUT2D eigenvalue weighted by Crippen LogP contribution is -2.37. The van der Waals surface area contributed by atoms with Gasteiger partial charge in [-0.1, -0.05) is 6.07 Å². The number of hydrogen-bond donors (Lipinski definition) is 2. The first-order valence-corrected chi connectivity index (χ1v) is 7.06. The Balaban J connectivity index is 1.80. The molecule has 2 N–H and O–H groups in total. The van der Waals surface area contributed by atoms with Gasteiger partial charge in [0.2, 0.25) is 5.91 Å². The van der Waals surface area contributed by atoms with Gasteiger partial charge >= 0.3 is 0 Å². The summed E-state index contributed by atoms with van der Waals surface area (Å²) in [5.74, 6) is -0.453. The second kappa shape index (κ2) is 6.81. The summed E-state index contributed by atoms with van der Waals surface area (Å²) in [6, 6.07) is 7.08. The van der Waals surface area contributed by atoms with E-state index in [4.69, 9.17) is 0 Å². The lowest BCUT2D eigenvalue weighted by molar-refractivity contribution is -0.120. The maximum Gasteiger partial charge on any atom is 0.261 e. The van der Waals surface area contributed by atoms with Crippen molar-refractivity contribution in [3.05, 3.63) is 52.5 Å². The average molecular weight is 289 g/mol. The fraction of sp³-hybridized carbons (Fsp3) is 0.214. The molecule has 1 atom stereocenters. The smallest absolute Gasteiger partial charge is 0.261 e. The molecule has 0 fully saturated rings. The van der Waals surface area contributed by atoms with E-state index in [-0.39, 0.29) is 24.4 Å². The third kappa shape index (κ3) is 3.89. The predicted molar refractivity (Wildman–Crippen MR) is 77.4 cm³/mol. The van der Waals surface area contributed by atoms with Crippen molar-refractivity contribution in [3.63, 3.8) is 0 Å². The molecule has 20 heavy (non-hydrogen) atoms. The zero-order chi connectivity index (χ0) is 14.4.